The average Bonchev–Trinajstić information content (AvgIpc) is 2.15. The molecule has 6 heteroatoms. The fourth-order valence-electron chi connectivity index (χ4n) is 0.894. The third kappa shape index (κ3) is 3.90. The van der Waals surface area contributed by atoms with Crippen molar-refractivity contribution in [2.24, 2.45) is 4.99 Å². The minimum atomic E-state index is -0.375. The molecule has 0 radical (unpaired) electrons. The van der Waals surface area contributed by atoms with E-state index in [0.29, 0.717) is 15.3 Å². The molecule has 0 saturated heterocycles. The standard InChI is InChI=1S/C9H7BrFN3S/c1-15-9(13-5-12)14-8-3-6(10)2-7(11)4-8/h2-4H,1H3,(H,13,14). The number of nitriles is 1. The summed E-state index contributed by atoms with van der Waals surface area (Å²) >= 11 is 4.44. The number of nitrogens with zero attached hydrogens (tertiary/aromatic N) is 2. The van der Waals surface area contributed by atoms with Gasteiger partial charge in [-0.1, -0.05) is 27.7 Å². The summed E-state index contributed by atoms with van der Waals surface area (Å²) in [5.41, 5.74) is 0.453. The van der Waals surface area contributed by atoms with Gasteiger partial charge >= 0.3 is 0 Å². The number of aliphatic imine (C=N–C) groups is 1. The first-order valence-electron chi connectivity index (χ1n) is 3.89. The topological polar surface area (TPSA) is 48.2 Å². The average molecular weight is 288 g/mol. The molecule has 3 nitrogen and oxygen atoms in total. The van der Waals surface area contributed by atoms with Crippen LogP contribution in [-0.4, -0.2) is 11.4 Å². The van der Waals surface area contributed by atoms with E-state index in [2.05, 4.69) is 26.2 Å². The quantitative estimate of drug-likeness (QED) is 0.374. The smallest absolute Gasteiger partial charge is 0.183 e. The van der Waals surface area contributed by atoms with Crippen LogP contribution in [0.25, 0.3) is 0 Å². The van der Waals surface area contributed by atoms with Gasteiger partial charge in [0.05, 0.1) is 5.69 Å². The Kier molecular flexibility index (Phi) is 4.59. The monoisotopic (exact) mass is 287 g/mol. The number of benzene rings is 1. The zero-order valence-electron chi connectivity index (χ0n) is 7.79. The zero-order valence-corrected chi connectivity index (χ0v) is 10.2. The van der Waals surface area contributed by atoms with Crippen LogP contribution < -0.4 is 5.32 Å². The Morgan fingerprint density at radius 1 is 1.60 bits per heavy atom. The van der Waals surface area contributed by atoms with E-state index in [-0.39, 0.29) is 5.82 Å². The van der Waals surface area contributed by atoms with Crippen molar-refractivity contribution in [3.8, 4) is 6.19 Å². The molecule has 1 aromatic carbocycles. The maximum Gasteiger partial charge on any atom is 0.183 e. The first-order valence-corrected chi connectivity index (χ1v) is 5.91. The van der Waals surface area contributed by atoms with Crippen LogP contribution in [0.4, 0.5) is 10.1 Å². The van der Waals surface area contributed by atoms with Gasteiger partial charge in [-0.25, -0.2) is 9.38 Å². The van der Waals surface area contributed by atoms with Crippen LogP contribution in [0.15, 0.2) is 27.7 Å². The van der Waals surface area contributed by atoms with Gasteiger partial charge in [0.15, 0.2) is 11.4 Å². The number of hydrogen-bond donors (Lipinski definition) is 1. The molecule has 1 aromatic rings. The molecule has 0 aliphatic carbocycles. The van der Waals surface area contributed by atoms with Crippen LogP contribution in [0.2, 0.25) is 0 Å². The van der Waals surface area contributed by atoms with Crippen molar-refractivity contribution in [3.05, 3.63) is 28.5 Å². The van der Waals surface area contributed by atoms with Crippen LogP contribution in [-0.2, 0) is 0 Å². The van der Waals surface area contributed by atoms with E-state index >= 15 is 0 Å². The molecule has 0 amide bonds. The van der Waals surface area contributed by atoms with Crippen molar-refractivity contribution >= 4 is 38.5 Å². The molecule has 78 valence electrons. The molecule has 0 bridgehead atoms. The molecule has 0 aliphatic rings. The second kappa shape index (κ2) is 5.73. The van der Waals surface area contributed by atoms with E-state index in [1.54, 1.807) is 18.5 Å². The molecule has 0 aromatic heterocycles. The highest BCUT2D eigenvalue weighted by Gasteiger charge is 2.00. The summed E-state index contributed by atoms with van der Waals surface area (Å²) < 4.78 is 13.6. The van der Waals surface area contributed by atoms with Crippen LogP contribution >= 0.6 is 27.7 Å². The first-order chi connectivity index (χ1) is 7.15. The minimum absolute atomic E-state index is 0.375. The fraction of sp³-hybridized carbons (Fsp3) is 0.111. The van der Waals surface area contributed by atoms with Gasteiger partial charge in [-0.3, -0.25) is 5.32 Å². The van der Waals surface area contributed by atoms with Gasteiger partial charge in [-0.15, -0.1) is 0 Å². The lowest BCUT2D eigenvalue weighted by Crippen LogP contribution is -2.12. The van der Waals surface area contributed by atoms with Crippen LogP contribution in [0.5, 0.6) is 0 Å². The highest BCUT2D eigenvalue weighted by Crippen LogP contribution is 2.21. The summed E-state index contributed by atoms with van der Waals surface area (Å²) in [7, 11) is 0. The van der Waals surface area contributed by atoms with E-state index in [9.17, 15) is 4.39 Å². The Bertz CT molecular complexity index is 408. The third-order valence-corrected chi connectivity index (χ3v) is 2.47. The van der Waals surface area contributed by atoms with Crippen molar-refractivity contribution in [1.82, 2.24) is 5.32 Å². The van der Waals surface area contributed by atoms with E-state index < -0.39 is 0 Å². The number of thioether (sulfide) groups is 1. The summed E-state index contributed by atoms with van der Waals surface area (Å²) in [5.74, 6) is -0.375. The normalized spacial score (nSPS) is 10.9. The summed E-state index contributed by atoms with van der Waals surface area (Å²) in [6.45, 7) is 0. The molecule has 0 saturated carbocycles. The van der Waals surface area contributed by atoms with Gasteiger partial charge in [-0.2, -0.15) is 5.26 Å². The van der Waals surface area contributed by atoms with Gasteiger partial charge in [0.2, 0.25) is 0 Å². The molecular formula is C9H7BrFN3S. The highest BCUT2D eigenvalue weighted by molar-refractivity contribution is 9.10. The number of hydrogen-bond acceptors (Lipinski definition) is 3. The highest BCUT2D eigenvalue weighted by atomic mass is 79.9. The maximum atomic E-state index is 13.0. The van der Waals surface area contributed by atoms with E-state index in [4.69, 9.17) is 5.26 Å². The predicted molar refractivity (Wildman–Crippen MR) is 63.5 cm³/mol. The molecule has 0 fully saturated rings. The van der Waals surface area contributed by atoms with Crippen molar-refractivity contribution in [2.45, 2.75) is 0 Å². The second-order valence-corrected chi connectivity index (χ2v) is 4.20. The maximum absolute atomic E-state index is 13.0. The Morgan fingerprint density at radius 2 is 2.33 bits per heavy atom. The van der Waals surface area contributed by atoms with Crippen molar-refractivity contribution in [1.29, 1.82) is 5.26 Å². The van der Waals surface area contributed by atoms with E-state index in [0.717, 1.165) is 0 Å². The van der Waals surface area contributed by atoms with Gasteiger partial charge < -0.3 is 0 Å². The molecular weight excluding hydrogens is 281 g/mol. The lowest BCUT2D eigenvalue weighted by Gasteiger charge is -2.00. The molecule has 0 atom stereocenters. The third-order valence-electron chi connectivity index (χ3n) is 1.43. The predicted octanol–water partition coefficient (Wildman–Crippen LogP) is 3.01. The van der Waals surface area contributed by atoms with Crippen LogP contribution in [0.3, 0.4) is 0 Å². The van der Waals surface area contributed by atoms with Crippen LogP contribution in [0, 0.1) is 17.3 Å². The van der Waals surface area contributed by atoms with E-state index in [1.165, 1.54) is 23.9 Å². The Hall–Kier alpha value is -1.06. The largest absolute Gasteiger partial charge is 0.271 e. The summed E-state index contributed by atoms with van der Waals surface area (Å²) in [6, 6.07) is 4.30. The van der Waals surface area contributed by atoms with Gasteiger partial charge in [0.25, 0.3) is 0 Å². The molecule has 0 spiro atoms. The molecule has 0 aliphatic heterocycles. The number of amidine groups is 1. The number of rotatable bonds is 1. The molecule has 1 N–H and O–H groups in total. The lowest BCUT2D eigenvalue weighted by atomic mass is 10.3. The van der Waals surface area contributed by atoms with E-state index in [1.807, 2.05) is 0 Å². The Morgan fingerprint density at radius 3 is 2.87 bits per heavy atom. The summed E-state index contributed by atoms with van der Waals surface area (Å²) in [5, 5.41) is 11.2. The summed E-state index contributed by atoms with van der Waals surface area (Å²) in [4.78, 5) is 4.06. The first kappa shape index (κ1) is 12.0. The van der Waals surface area contributed by atoms with Crippen LogP contribution in [0.1, 0.15) is 0 Å². The fourth-order valence-corrected chi connectivity index (χ4v) is 1.69. The SMILES string of the molecule is CSC(=Nc1cc(F)cc(Br)c1)NC#N. The lowest BCUT2D eigenvalue weighted by molar-refractivity contribution is 0.627. The Balaban J connectivity index is 3.01. The van der Waals surface area contributed by atoms with Crippen molar-refractivity contribution < 1.29 is 4.39 Å². The second-order valence-electron chi connectivity index (χ2n) is 2.49. The van der Waals surface area contributed by atoms with Gasteiger partial charge in [0.1, 0.15) is 5.82 Å². The van der Waals surface area contributed by atoms with Gasteiger partial charge in [-0.05, 0) is 24.5 Å². The summed E-state index contributed by atoms with van der Waals surface area (Å²) in [6.07, 6.45) is 3.54. The Labute approximate surface area is 99.5 Å². The minimum Gasteiger partial charge on any atom is -0.271 e. The van der Waals surface area contributed by atoms with Crippen molar-refractivity contribution in [2.75, 3.05) is 6.26 Å². The molecule has 0 heterocycles. The van der Waals surface area contributed by atoms with Gasteiger partial charge in [0, 0.05) is 4.47 Å². The van der Waals surface area contributed by atoms with Crippen molar-refractivity contribution in [3.63, 3.8) is 0 Å². The molecule has 1 rings (SSSR count). The number of nitrogens with one attached hydrogen (secondary N) is 1. The number of halogens is 2. The molecule has 15 heavy (non-hydrogen) atoms. The molecule has 0 unspecified atom stereocenters. The zero-order chi connectivity index (χ0) is 11.3.